The number of hydrogen-bond donors (Lipinski definition) is 3. The summed E-state index contributed by atoms with van der Waals surface area (Å²) < 4.78 is 0. The van der Waals surface area contributed by atoms with Gasteiger partial charge in [0.25, 0.3) is 0 Å². The van der Waals surface area contributed by atoms with Gasteiger partial charge in [0.15, 0.2) is 5.17 Å². The van der Waals surface area contributed by atoms with E-state index in [1.165, 1.54) is 11.8 Å². The van der Waals surface area contributed by atoms with Crippen LogP contribution >= 0.6 is 11.8 Å². The molecule has 3 aromatic carbocycles. The van der Waals surface area contributed by atoms with Crippen LogP contribution in [0.5, 0.6) is 0 Å². The number of amidine groups is 1. The number of imide groups is 1. The highest BCUT2D eigenvalue weighted by Gasteiger charge is 2.24. The molecule has 3 N–H and O–H groups in total. The highest BCUT2D eigenvalue weighted by molar-refractivity contribution is 8.14. The van der Waals surface area contributed by atoms with Crippen LogP contribution in [0.1, 0.15) is 17.2 Å². The van der Waals surface area contributed by atoms with Crippen LogP contribution in [0.3, 0.4) is 0 Å². The summed E-state index contributed by atoms with van der Waals surface area (Å²) in [4.78, 5) is 29.0. The highest BCUT2D eigenvalue weighted by Crippen LogP contribution is 2.26. The molecule has 0 aliphatic carbocycles. The number of para-hydroxylation sites is 1. The van der Waals surface area contributed by atoms with Crippen molar-refractivity contribution in [3.63, 3.8) is 0 Å². The van der Waals surface area contributed by atoms with Crippen molar-refractivity contribution in [1.29, 1.82) is 0 Å². The number of carbonyl (C=O) groups excluding carboxylic acids is 2. The summed E-state index contributed by atoms with van der Waals surface area (Å²) in [6.07, 6.45) is 0. The smallest absolute Gasteiger partial charge is 0.308 e. The molecule has 7 nitrogen and oxygen atoms in total. The lowest BCUT2D eigenvalue weighted by molar-refractivity contribution is -0.117. The quantitative estimate of drug-likeness (QED) is 0.552. The monoisotopic (exact) mass is 443 g/mol. The third-order valence-corrected chi connectivity index (χ3v) is 5.46. The van der Waals surface area contributed by atoms with E-state index in [-0.39, 0.29) is 11.8 Å². The maximum atomic E-state index is 12.2. The number of nitrogens with zero attached hydrogens (tertiary/aromatic N) is 2. The number of nitrogens with one attached hydrogen (secondary N) is 3. The Morgan fingerprint density at radius 1 is 0.875 bits per heavy atom. The van der Waals surface area contributed by atoms with Crippen LogP contribution in [0, 0.1) is 0 Å². The van der Waals surface area contributed by atoms with Crippen LogP contribution in [0.2, 0.25) is 0 Å². The fourth-order valence-electron chi connectivity index (χ4n) is 3.13. The van der Waals surface area contributed by atoms with E-state index in [0.29, 0.717) is 10.9 Å². The summed E-state index contributed by atoms with van der Waals surface area (Å²) in [5, 5.41) is 9.98. The molecule has 1 unspecified atom stereocenters. The summed E-state index contributed by atoms with van der Waals surface area (Å²) in [5.41, 5.74) is 6.31. The van der Waals surface area contributed by atoms with Crippen molar-refractivity contribution >= 4 is 40.3 Å². The summed E-state index contributed by atoms with van der Waals surface area (Å²) >= 11 is 1.19. The molecule has 1 aliphatic heterocycles. The average Bonchev–Trinajstić information content (AvgIpc) is 2.84. The van der Waals surface area contributed by atoms with Crippen molar-refractivity contribution in [1.82, 2.24) is 10.7 Å². The summed E-state index contributed by atoms with van der Waals surface area (Å²) in [5.74, 6) is -0.409. The Bertz CT molecular complexity index is 1130. The zero-order chi connectivity index (χ0) is 22.2. The standard InChI is InChI=1S/C24H21N5O2S/c30-20(26-23(31)25-19-14-8-3-9-15-19)16-32-24-27-21(17-10-4-1-5-11-17)22(28-29-24)18-12-6-2-7-13-18/h1-15,21H,16H2,(H,27,29)(H2,25,26,30,31). The predicted octanol–water partition coefficient (Wildman–Crippen LogP) is 4.17. The van der Waals surface area contributed by atoms with Gasteiger partial charge >= 0.3 is 6.03 Å². The Labute approximate surface area is 190 Å². The van der Waals surface area contributed by atoms with Crippen LogP contribution in [0.4, 0.5) is 10.5 Å². The molecule has 0 saturated carbocycles. The lowest BCUT2D eigenvalue weighted by Crippen LogP contribution is -2.36. The topological polar surface area (TPSA) is 94.9 Å². The molecule has 1 atom stereocenters. The Kier molecular flexibility index (Phi) is 6.94. The van der Waals surface area contributed by atoms with E-state index in [9.17, 15) is 9.59 Å². The predicted molar refractivity (Wildman–Crippen MR) is 129 cm³/mol. The maximum absolute atomic E-state index is 12.2. The first-order valence-corrected chi connectivity index (χ1v) is 11.0. The van der Waals surface area contributed by atoms with E-state index in [2.05, 4.69) is 21.2 Å². The zero-order valence-electron chi connectivity index (χ0n) is 17.1. The van der Waals surface area contributed by atoms with Gasteiger partial charge in [-0.25, -0.2) is 9.79 Å². The number of anilines is 1. The van der Waals surface area contributed by atoms with Gasteiger partial charge in [0.2, 0.25) is 5.91 Å². The van der Waals surface area contributed by atoms with E-state index in [1.54, 1.807) is 24.3 Å². The van der Waals surface area contributed by atoms with Gasteiger partial charge in [-0.15, -0.1) is 0 Å². The van der Waals surface area contributed by atoms with Crippen LogP contribution in [-0.4, -0.2) is 28.6 Å². The van der Waals surface area contributed by atoms with Gasteiger partial charge in [-0.1, -0.05) is 90.6 Å². The van der Waals surface area contributed by atoms with Gasteiger partial charge in [0.05, 0.1) is 11.5 Å². The normalized spacial score (nSPS) is 15.1. The van der Waals surface area contributed by atoms with Crippen LogP contribution in [0.25, 0.3) is 0 Å². The second-order valence-electron chi connectivity index (χ2n) is 6.88. The van der Waals surface area contributed by atoms with Crippen molar-refractivity contribution < 1.29 is 9.59 Å². The second kappa shape index (κ2) is 10.4. The molecular formula is C24H21N5O2S. The number of carbonyl (C=O) groups is 2. The third-order valence-electron chi connectivity index (χ3n) is 4.59. The Balaban J connectivity index is 1.40. The first kappa shape index (κ1) is 21.3. The molecule has 160 valence electrons. The molecule has 3 amide bonds. The fourth-order valence-corrected chi connectivity index (χ4v) is 3.76. The minimum Gasteiger partial charge on any atom is -0.308 e. The highest BCUT2D eigenvalue weighted by atomic mass is 32.2. The number of thioether (sulfide) groups is 1. The van der Waals surface area contributed by atoms with Gasteiger partial charge in [0.1, 0.15) is 6.04 Å². The lowest BCUT2D eigenvalue weighted by Gasteiger charge is -2.22. The van der Waals surface area contributed by atoms with Crippen molar-refractivity contribution in [3.05, 3.63) is 102 Å². The molecule has 32 heavy (non-hydrogen) atoms. The molecule has 0 aromatic heterocycles. The molecule has 8 heteroatoms. The number of benzene rings is 3. The van der Waals surface area contributed by atoms with E-state index in [1.807, 2.05) is 66.7 Å². The van der Waals surface area contributed by atoms with Crippen molar-refractivity contribution in [2.75, 3.05) is 11.1 Å². The summed E-state index contributed by atoms with van der Waals surface area (Å²) in [6, 6.07) is 27.8. The number of rotatable bonds is 5. The number of urea groups is 1. The Hall–Kier alpha value is -3.91. The van der Waals surface area contributed by atoms with Gasteiger partial charge in [-0.05, 0) is 17.7 Å². The van der Waals surface area contributed by atoms with Gasteiger partial charge in [-0.2, -0.15) is 5.10 Å². The molecule has 3 aromatic rings. The summed E-state index contributed by atoms with van der Waals surface area (Å²) in [6.45, 7) is 0. The fraction of sp³-hybridized carbons (Fsp3) is 0.0833. The van der Waals surface area contributed by atoms with Crippen molar-refractivity contribution in [2.24, 2.45) is 10.1 Å². The van der Waals surface area contributed by atoms with E-state index < -0.39 is 11.9 Å². The maximum Gasteiger partial charge on any atom is 0.325 e. The molecule has 0 spiro atoms. The SMILES string of the molecule is O=C(CSC1=NC(c2ccccc2)C(c2ccccc2)=NN1)NC(=O)Nc1ccccc1. The van der Waals surface area contributed by atoms with Crippen molar-refractivity contribution in [3.8, 4) is 0 Å². The molecule has 1 heterocycles. The molecular weight excluding hydrogens is 422 g/mol. The van der Waals surface area contributed by atoms with Gasteiger partial charge in [0, 0.05) is 11.3 Å². The van der Waals surface area contributed by atoms with Gasteiger partial charge < -0.3 is 5.32 Å². The number of aliphatic imine (C=N–C) groups is 1. The Morgan fingerprint density at radius 2 is 1.50 bits per heavy atom. The summed E-state index contributed by atoms with van der Waals surface area (Å²) in [7, 11) is 0. The Morgan fingerprint density at radius 3 is 2.19 bits per heavy atom. The average molecular weight is 444 g/mol. The van der Waals surface area contributed by atoms with Crippen molar-refractivity contribution in [2.45, 2.75) is 6.04 Å². The largest absolute Gasteiger partial charge is 0.325 e. The number of amides is 3. The van der Waals surface area contributed by atoms with Crippen LogP contribution in [-0.2, 0) is 4.79 Å². The van der Waals surface area contributed by atoms with Crippen LogP contribution in [0.15, 0.2) is 101 Å². The van der Waals surface area contributed by atoms with E-state index in [0.717, 1.165) is 16.8 Å². The molecule has 0 fully saturated rings. The second-order valence-corrected chi connectivity index (χ2v) is 7.84. The number of hydrazone groups is 1. The molecule has 1 aliphatic rings. The molecule has 0 saturated heterocycles. The minimum absolute atomic E-state index is 0.0196. The third kappa shape index (κ3) is 5.61. The minimum atomic E-state index is -0.577. The first-order valence-electron chi connectivity index (χ1n) is 9.99. The van der Waals surface area contributed by atoms with Gasteiger partial charge in [-0.3, -0.25) is 15.5 Å². The van der Waals surface area contributed by atoms with Crippen LogP contribution < -0.4 is 16.1 Å². The zero-order valence-corrected chi connectivity index (χ0v) is 17.9. The van der Waals surface area contributed by atoms with E-state index >= 15 is 0 Å². The molecule has 0 radical (unpaired) electrons. The number of hydrogen-bond acceptors (Lipinski definition) is 6. The molecule has 4 rings (SSSR count). The van der Waals surface area contributed by atoms with E-state index in [4.69, 9.17) is 4.99 Å². The molecule has 0 bridgehead atoms. The first-order chi connectivity index (χ1) is 15.7. The lowest BCUT2D eigenvalue weighted by atomic mass is 9.97.